The molecule has 0 spiro atoms. The minimum atomic E-state index is 0.181. The van der Waals surface area contributed by atoms with Crippen molar-refractivity contribution in [3.05, 3.63) is 11.8 Å². The number of aromatic nitrogens is 2. The van der Waals surface area contributed by atoms with E-state index in [-0.39, 0.29) is 6.10 Å². The van der Waals surface area contributed by atoms with E-state index in [4.69, 9.17) is 10.5 Å². The molecule has 0 radical (unpaired) electrons. The molecule has 1 aliphatic rings. The molecular weight excluding hydrogens is 242 g/mol. The molecule has 19 heavy (non-hydrogen) atoms. The van der Waals surface area contributed by atoms with Gasteiger partial charge in [0.05, 0.1) is 18.4 Å². The lowest BCUT2D eigenvalue weighted by Crippen LogP contribution is -2.30. The Labute approximate surface area is 114 Å². The van der Waals surface area contributed by atoms with Gasteiger partial charge in [-0.3, -0.25) is 0 Å². The molecule has 1 unspecified atom stereocenters. The van der Waals surface area contributed by atoms with Gasteiger partial charge in [-0.15, -0.1) is 0 Å². The Bertz CT molecular complexity index is 423. The highest BCUT2D eigenvalue weighted by atomic mass is 16.5. The largest absolute Gasteiger partial charge is 0.373 e. The summed E-state index contributed by atoms with van der Waals surface area (Å²) in [5.41, 5.74) is 6.62. The number of rotatable bonds is 5. The van der Waals surface area contributed by atoms with Crippen LogP contribution in [0, 0.1) is 0 Å². The lowest BCUT2D eigenvalue weighted by atomic mass is 10.3. The Balaban J connectivity index is 2.08. The Morgan fingerprint density at radius 2 is 2.32 bits per heavy atom. The zero-order valence-electron chi connectivity index (χ0n) is 11.9. The third kappa shape index (κ3) is 3.78. The summed E-state index contributed by atoms with van der Waals surface area (Å²) < 4.78 is 5.57. The minimum Gasteiger partial charge on any atom is -0.373 e. The predicted octanol–water partition coefficient (Wildman–Crippen LogP) is 0.782. The average molecular weight is 265 g/mol. The van der Waals surface area contributed by atoms with Crippen LogP contribution in [-0.4, -0.2) is 42.3 Å². The molecule has 2 heterocycles. The maximum Gasteiger partial charge on any atom is 0.222 e. The van der Waals surface area contributed by atoms with Crippen LogP contribution >= 0.6 is 0 Å². The molecule has 1 aromatic heterocycles. The van der Waals surface area contributed by atoms with Crippen molar-refractivity contribution < 1.29 is 4.74 Å². The Hall–Kier alpha value is -1.40. The molecule has 1 aromatic rings. The molecule has 1 fully saturated rings. The van der Waals surface area contributed by atoms with E-state index in [9.17, 15) is 0 Å². The molecule has 0 bridgehead atoms. The molecule has 1 aliphatic heterocycles. The van der Waals surface area contributed by atoms with Gasteiger partial charge in [-0.2, -0.15) is 4.98 Å². The van der Waals surface area contributed by atoms with E-state index < -0.39 is 0 Å². The monoisotopic (exact) mass is 265 g/mol. The van der Waals surface area contributed by atoms with Gasteiger partial charge in [-0.1, -0.05) is 0 Å². The summed E-state index contributed by atoms with van der Waals surface area (Å²) in [7, 11) is 1.99. The van der Waals surface area contributed by atoms with Crippen molar-refractivity contribution in [1.29, 1.82) is 0 Å². The van der Waals surface area contributed by atoms with Crippen LogP contribution in [0.15, 0.2) is 6.07 Å². The number of nitrogens with two attached hydrogens (primary N) is 1. The summed E-state index contributed by atoms with van der Waals surface area (Å²) in [6.07, 6.45) is 1.30. The first kappa shape index (κ1) is 14.0. The van der Waals surface area contributed by atoms with Gasteiger partial charge in [-0.05, 0) is 27.3 Å². The van der Waals surface area contributed by atoms with E-state index in [1.54, 1.807) is 0 Å². The molecular formula is C13H23N5O. The van der Waals surface area contributed by atoms with E-state index in [1.807, 2.05) is 27.0 Å². The standard InChI is InChI=1S/C13H23N5O/c1-9(2)19-8-11-6-12(17-13(14)16-11)18-5-4-10(7-18)15-3/h6,9-10,15H,4-5,7-8H2,1-3H3,(H2,14,16,17). The molecule has 106 valence electrons. The van der Waals surface area contributed by atoms with Crippen molar-refractivity contribution in [3.8, 4) is 0 Å². The van der Waals surface area contributed by atoms with Gasteiger partial charge in [0.2, 0.25) is 5.95 Å². The van der Waals surface area contributed by atoms with Crippen LogP contribution in [0.1, 0.15) is 26.0 Å². The molecule has 6 nitrogen and oxygen atoms in total. The molecule has 0 aliphatic carbocycles. The number of nitrogens with zero attached hydrogens (tertiary/aromatic N) is 3. The summed E-state index contributed by atoms with van der Waals surface area (Å²) in [6, 6.07) is 2.49. The van der Waals surface area contributed by atoms with E-state index in [0.717, 1.165) is 31.0 Å². The lowest BCUT2D eigenvalue weighted by molar-refractivity contribution is 0.0636. The van der Waals surface area contributed by atoms with Crippen molar-refractivity contribution in [3.63, 3.8) is 0 Å². The second-order valence-corrected chi connectivity index (χ2v) is 5.16. The highest BCUT2D eigenvalue weighted by molar-refractivity contribution is 5.44. The van der Waals surface area contributed by atoms with Crippen molar-refractivity contribution in [2.24, 2.45) is 0 Å². The van der Waals surface area contributed by atoms with Crippen LogP contribution in [0.3, 0.4) is 0 Å². The van der Waals surface area contributed by atoms with Crippen LogP contribution in [0.2, 0.25) is 0 Å². The molecule has 0 saturated carbocycles. The van der Waals surface area contributed by atoms with E-state index in [1.165, 1.54) is 0 Å². The summed E-state index contributed by atoms with van der Waals surface area (Å²) in [5, 5.41) is 3.29. The Morgan fingerprint density at radius 3 is 2.95 bits per heavy atom. The number of hydrogen-bond donors (Lipinski definition) is 2. The molecule has 1 atom stereocenters. The SMILES string of the molecule is CNC1CCN(c2cc(COC(C)C)nc(N)n2)C1. The third-order valence-electron chi connectivity index (χ3n) is 3.27. The predicted molar refractivity (Wildman–Crippen MR) is 76.0 cm³/mol. The highest BCUT2D eigenvalue weighted by Crippen LogP contribution is 2.20. The molecule has 1 saturated heterocycles. The highest BCUT2D eigenvalue weighted by Gasteiger charge is 2.22. The van der Waals surface area contributed by atoms with Gasteiger partial charge in [0.1, 0.15) is 5.82 Å². The van der Waals surface area contributed by atoms with Gasteiger partial charge in [0.15, 0.2) is 0 Å². The normalized spacial score (nSPS) is 19.4. The van der Waals surface area contributed by atoms with Crippen LogP contribution < -0.4 is 16.0 Å². The molecule has 6 heteroatoms. The van der Waals surface area contributed by atoms with E-state index in [2.05, 4.69) is 20.2 Å². The van der Waals surface area contributed by atoms with Crippen LogP contribution in [0.5, 0.6) is 0 Å². The number of nitrogen functional groups attached to an aromatic ring is 1. The summed E-state index contributed by atoms with van der Waals surface area (Å²) in [5.74, 6) is 1.21. The molecule has 2 rings (SSSR count). The minimum absolute atomic E-state index is 0.181. The van der Waals surface area contributed by atoms with E-state index >= 15 is 0 Å². The smallest absolute Gasteiger partial charge is 0.222 e. The van der Waals surface area contributed by atoms with Crippen LogP contribution in [-0.2, 0) is 11.3 Å². The van der Waals surface area contributed by atoms with Gasteiger partial charge in [0, 0.05) is 25.2 Å². The topological polar surface area (TPSA) is 76.3 Å². The number of likely N-dealkylation sites (N-methyl/N-ethyl adjacent to an activating group) is 1. The van der Waals surface area contributed by atoms with Crippen molar-refractivity contribution >= 4 is 11.8 Å². The number of anilines is 2. The van der Waals surface area contributed by atoms with Crippen molar-refractivity contribution in [2.75, 3.05) is 30.8 Å². The Kier molecular flexibility index (Phi) is 4.55. The number of ether oxygens (including phenoxy) is 1. The maximum absolute atomic E-state index is 5.78. The number of nitrogens with one attached hydrogen (secondary N) is 1. The maximum atomic E-state index is 5.78. The summed E-state index contributed by atoms with van der Waals surface area (Å²) in [4.78, 5) is 10.8. The lowest BCUT2D eigenvalue weighted by Gasteiger charge is -2.18. The summed E-state index contributed by atoms with van der Waals surface area (Å²) >= 11 is 0. The fraction of sp³-hybridized carbons (Fsp3) is 0.692. The molecule has 3 N–H and O–H groups in total. The first-order valence-corrected chi connectivity index (χ1v) is 6.75. The fourth-order valence-corrected chi connectivity index (χ4v) is 2.20. The molecule has 0 aromatic carbocycles. The van der Waals surface area contributed by atoms with Crippen molar-refractivity contribution in [2.45, 2.75) is 39.0 Å². The van der Waals surface area contributed by atoms with Crippen molar-refractivity contribution in [1.82, 2.24) is 15.3 Å². The zero-order valence-corrected chi connectivity index (χ0v) is 11.9. The first-order chi connectivity index (χ1) is 9.08. The van der Waals surface area contributed by atoms with Gasteiger partial charge >= 0.3 is 0 Å². The third-order valence-corrected chi connectivity index (χ3v) is 3.27. The fourth-order valence-electron chi connectivity index (χ4n) is 2.20. The average Bonchev–Trinajstić information content (AvgIpc) is 2.84. The summed E-state index contributed by atoms with van der Waals surface area (Å²) in [6.45, 7) is 6.43. The molecule has 0 amide bonds. The van der Waals surface area contributed by atoms with Gasteiger partial charge in [-0.25, -0.2) is 4.98 Å². The first-order valence-electron chi connectivity index (χ1n) is 6.75. The van der Waals surface area contributed by atoms with Crippen LogP contribution in [0.25, 0.3) is 0 Å². The second kappa shape index (κ2) is 6.16. The van der Waals surface area contributed by atoms with Crippen LogP contribution in [0.4, 0.5) is 11.8 Å². The quantitative estimate of drug-likeness (QED) is 0.819. The van der Waals surface area contributed by atoms with Gasteiger partial charge in [0.25, 0.3) is 0 Å². The van der Waals surface area contributed by atoms with Gasteiger partial charge < -0.3 is 20.7 Å². The van der Waals surface area contributed by atoms with E-state index in [0.29, 0.717) is 18.6 Å². The number of hydrogen-bond acceptors (Lipinski definition) is 6. The second-order valence-electron chi connectivity index (χ2n) is 5.16. The Morgan fingerprint density at radius 1 is 1.53 bits per heavy atom. The zero-order chi connectivity index (χ0) is 13.8.